The van der Waals surface area contributed by atoms with Gasteiger partial charge in [-0.1, -0.05) is 73.5 Å². The highest BCUT2D eigenvalue weighted by Crippen LogP contribution is 2.62. The second kappa shape index (κ2) is 5.09. The summed E-state index contributed by atoms with van der Waals surface area (Å²) in [5.74, 6) is 3.36. The maximum atomic E-state index is 2.34. The predicted octanol–water partition coefficient (Wildman–Crippen LogP) is 5.37. The Morgan fingerprint density at radius 3 is 1.35 bits per heavy atom. The molecule has 0 heteroatoms. The Hall–Kier alpha value is -1.56. The van der Waals surface area contributed by atoms with Gasteiger partial charge in [0.15, 0.2) is 0 Å². The molecule has 0 aliphatic heterocycles. The molecule has 20 heavy (non-hydrogen) atoms. The molecule has 0 radical (unpaired) electrons. The molecule has 0 amide bonds. The molecule has 0 unspecified atom stereocenters. The number of benzene rings is 2. The van der Waals surface area contributed by atoms with Gasteiger partial charge in [0, 0.05) is 0 Å². The standard InChI is InChI=1S/C20H22/c1-3-9-15(10-4-1)19-17-13-7-8-14-18(17)20(19)16-11-5-2-6-12-16/h1-6,9-12,17-20H,7-8,13-14H2/t17-,18+,19-,20-/m1/s1. The zero-order valence-corrected chi connectivity index (χ0v) is 11.9. The molecule has 2 saturated carbocycles. The lowest BCUT2D eigenvalue weighted by molar-refractivity contribution is 0.0444. The van der Waals surface area contributed by atoms with Gasteiger partial charge >= 0.3 is 0 Å². The van der Waals surface area contributed by atoms with Crippen LogP contribution in [0.3, 0.4) is 0 Å². The van der Waals surface area contributed by atoms with E-state index < -0.39 is 0 Å². The minimum atomic E-state index is 0.754. The molecule has 0 N–H and O–H groups in total. The summed E-state index contributed by atoms with van der Waals surface area (Å²) in [5.41, 5.74) is 3.12. The summed E-state index contributed by atoms with van der Waals surface area (Å²) in [7, 11) is 0. The second-order valence-corrected chi connectivity index (χ2v) is 6.49. The van der Waals surface area contributed by atoms with Crippen LogP contribution in [0.2, 0.25) is 0 Å². The van der Waals surface area contributed by atoms with E-state index in [1.165, 1.54) is 25.7 Å². The van der Waals surface area contributed by atoms with Crippen LogP contribution in [0.4, 0.5) is 0 Å². The van der Waals surface area contributed by atoms with Crippen molar-refractivity contribution in [3.63, 3.8) is 0 Å². The summed E-state index contributed by atoms with van der Waals surface area (Å²) >= 11 is 0. The molecule has 2 aromatic carbocycles. The summed E-state index contributed by atoms with van der Waals surface area (Å²) in [6, 6.07) is 22.4. The topological polar surface area (TPSA) is 0 Å². The number of fused-ring (bicyclic) bond motifs is 1. The van der Waals surface area contributed by atoms with Crippen LogP contribution in [0.5, 0.6) is 0 Å². The quantitative estimate of drug-likeness (QED) is 0.682. The van der Waals surface area contributed by atoms with Crippen LogP contribution >= 0.6 is 0 Å². The third kappa shape index (κ3) is 1.90. The van der Waals surface area contributed by atoms with Crippen molar-refractivity contribution in [1.29, 1.82) is 0 Å². The normalized spacial score (nSPS) is 32.2. The van der Waals surface area contributed by atoms with Gasteiger partial charge in [-0.3, -0.25) is 0 Å². The fraction of sp³-hybridized carbons (Fsp3) is 0.400. The van der Waals surface area contributed by atoms with Crippen molar-refractivity contribution in [1.82, 2.24) is 0 Å². The van der Waals surface area contributed by atoms with E-state index in [4.69, 9.17) is 0 Å². The van der Waals surface area contributed by atoms with Crippen LogP contribution in [0, 0.1) is 11.8 Å². The molecule has 4 rings (SSSR count). The molecule has 2 aliphatic carbocycles. The van der Waals surface area contributed by atoms with Gasteiger partial charge in [0.1, 0.15) is 0 Å². The lowest BCUT2D eigenvalue weighted by atomic mass is 9.49. The molecule has 4 atom stereocenters. The molecular weight excluding hydrogens is 240 g/mol. The summed E-state index contributed by atoms with van der Waals surface area (Å²) < 4.78 is 0. The van der Waals surface area contributed by atoms with Gasteiger partial charge in [-0.25, -0.2) is 0 Å². The molecule has 0 aromatic heterocycles. The fourth-order valence-corrected chi connectivity index (χ4v) is 4.73. The zero-order valence-electron chi connectivity index (χ0n) is 11.9. The van der Waals surface area contributed by atoms with Crippen LogP contribution in [0.1, 0.15) is 48.6 Å². The van der Waals surface area contributed by atoms with Gasteiger partial charge in [-0.15, -0.1) is 0 Å². The summed E-state index contributed by atoms with van der Waals surface area (Å²) in [6.07, 6.45) is 5.75. The van der Waals surface area contributed by atoms with Crippen LogP contribution < -0.4 is 0 Å². The van der Waals surface area contributed by atoms with Crippen LogP contribution in [0.25, 0.3) is 0 Å². The first kappa shape index (κ1) is 12.2. The van der Waals surface area contributed by atoms with E-state index in [-0.39, 0.29) is 0 Å². The van der Waals surface area contributed by atoms with Gasteiger partial charge in [0.05, 0.1) is 0 Å². The number of hydrogen-bond acceptors (Lipinski definition) is 0. The molecule has 0 saturated heterocycles. The molecule has 0 nitrogen and oxygen atoms in total. The average Bonchev–Trinajstić information content (AvgIpc) is 2.51. The number of hydrogen-bond donors (Lipinski definition) is 0. The van der Waals surface area contributed by atoms with Gasteiger partial charge in [-0.05, 0) is 47.6 Å². The van der Waals surface area contributed by atoms with E-state index in [1.54, 1.807) is 11.1 Å². The molecule has 0 spiro atoms. The second-order valence-electron chi connectivity index (χ2n) is 6.49. The molecule has 2 aliphatic rings. The Morgan fingerprint density at radius 2 is 0.950 bits per heavy atom. The minimum Gasteiger partial charge on any atom is -0.0622 e. The van der Waals surface area contributed by atoms with Crippen LogP contribution in [-0.4, -0.2) is 0 Å². The summed E-state index contributed by atoms with van der Waals surface area (Å²) in [6.45, 7) is 0. The molecule has 102 valence electrons. The Balaban J connectivity index is 1.71. The molecule has 0 heterocycles. The van der Waals surface area contributed by atoms with Crippen LogP contribution in [-0.2, 0) is 0 Å². The minimum absolute atomic E-state index is 0.754. The van der Waals surface area contributed by atoms with Gasteiger partial charge in [-0.2, -0.15) is 0 Å². The van der Waals surface area contributed by atoms with Crippen molar-refractivity contribution in [3.8, 4) is 0 Å². The van der Waals surface area contributed by atoms with Gasteiger partial charge in [0.2, 0.25) is 0 Å². The third-order valence-electron chi connectivity index (χ3n) is 5.55. The van der Waals surface area contributed by atoms with Crippen molar-refractivity contribution >= 4 is 0 Å². The molecule has 2 aromatic rings. The smallest absolute Gasteiger partial charge is 0.00591 e. The predicted molar refractivity (Wildman–Crippen MR) is 83.8 cm³/mol. The van der Waals surface area contributed by atoms with Crippen molar-refractivity contribution in [3.05, 3.63) is 71.8 Å². The average molecular weight is 262 g/mol. The molecule has 0 bridgehead atoms. The van der Waals surface area contributed by atoms with Crippen molar-refractivity contribution in [2.75, 3.05) is 0 Å². The first-order valence-electron chi connectivity index (χ1n) is 8.05. The Labute approximate surface area is 121 Å². The third-order valence-corrected chi connectivity index (χ3v) is 5.55. The van der Waals surface area contributed by atoms with Gasteiger partial charge < -0.3 is 0 Å². The highest BCUT2D eigenvalue weighted by molar-refractivity contribution is 5.35. The largest absolute Gasteiger partial charge is 0.0622 e. The monoisotopic (exact) mass is 262 g/mol. The zero-order chi connectivity index (χ0) is 13.4. The Bertz CT molecular complexity index is 504. The fourth-order valence-electron chi connectivity index (χ4n) is 4.73. The lowest BCUT2D eigenvalue weighted by Gasteiger charge is -2.55. The van der Waals surface area contributed by atoms with E-state index >= 15 is 0 Å². The van der Waals surface area contributed by atoms with Crippen molar-refractivity contribution in [2.45, 2.75) is 37.5 Å². The summed E-state index contributed by atoms with van der Waals surface area (Å²) in [5, 5.41) is 0. The Kier molecular flexibility index (Phi) is 3.10. The SMILES string of the molecule is c1ccc([C@@H]2[C@@H]3CCCC[C@@H]3[C@H]2c2ccccc2)cc1. The van der Waals surface area contributed by atoms with E-state index in [0.717, 1.165) is 23.7 Å². The first-order valence-corrected chi connectivity index (χ1v) is 8.05. The highest BCUT2D eigenvalue weighted by Gasteiger charge is 2.51. The van der Waals surface area contributed by atoms with Crippen LogP contribution in [0.15, 0.2) is 60.7 Å². The maximum Gasteiger partial charge on any atom is -0.00591 e. The molecule has 2 fully saturated rings. The lowest BCUT2D eigenvalue weighted by Crippen LogP contribution is -2.45. The summed E-state index contributed by atoms with van der Waals surface area (Å²) in [4.78, 5) is 0. The maximum absolute atomic E-state index is 2.34. The van der Waals surface area contributed by atoms with Crippen molar-refractivity contribution < 1.29 is 0 Å². The van der Waals surface area contributed by atoms with Gasteiger partial charge in [0.25, 0.3) is 0 Å². The van der Waals surface area contributed by atoms with E-state index in [9.17, 15) is 0 Å². The highest BCUT2D eigenvalue weighted by atomic mass is 14.5. The van der Waals surface area contributed by atoms with E-state index in [1.807, 2.05) is 0 Å². The van der Waals surface area contributed by atoms with Crippen molar-refractivity contribution in [2.24, 2.45) is 11.8 Å². The molecular formula is C20H22. The first-order chi connectivity index (χ1) is 9.95. The van der Waals surface area contributed by atoms with E-state index in [0.29, 0.717) is 0 Å². The Morgan fingerprint density at radius 1 is 0.550 bits per heavy atom. The van der Waals surface area contributed by atoms with E-state index in [2.05, 4.69) is 60.7 Å². The number of rotatable bonds is 2.